The smallest absolute Gasteiger partial charge is 0.247 e. The summed E-state index contributed by atoms with van der Waals surface area (Å²) in [5, 5.41) is 44.3. The van der Waals surface area contributed by atoms with Crippen LogP contribution in [0.3, 0.4) is 0 Å². The lowest BCUT2D eigenvalue weighted by atomic mass is 9.83. The molecule has 0 radical (unpaired) electrons. The Labute approximate surface area is 257 Å². The van der Waals surface area contributed by atoms with Crippen LogP contribution in [-0.4, -0.2) is 101 Å². The number of nitrogens with two attached hydrogens (primary N) is 1. The highest BCUT2D eigenvalue weighted by atomic mass is 19.1. The van der Waals surface area contributed by atoms with Gasteiger partial charge in [-0.3, -0.25) is 4.79 Å². The molecule has 7 N–H and O–H groups in total. The lowest BCUT2D eigenvalue weighted by molar-refractivity contribution is -0.155. The van der Waals surface area contributed by atoms with Gasteiger partial charge in [0, 0.05) is 5.57 Å². The first kappa shape index (κ1) is 32.8. The number of anilines is 1. The SMILES string of the molecule is CC(=Cc1ccc(O[C@@H]2O[C@H](C(C)=CCOc3ccccc3F)[C@@H](O)[C@@H]2F)c(N)c1)C(=O)N[C@@H]1[C@H](O)[C@@H](O)[C@H]2OCO[C@H]2[C@@H]1O. The third-order valence-corrected chi connectivity index (χ3v) is 8.03. The zero-order valence-electron chi connectivity index (χ0n) is 24.5. The predicted molar refractivity (Wildman–Crippen MR) is 155 cm³/mol. The van der Waals surface area contributed by atoms with Crippen LogP contribution in [0.5, 0.6) is 11.5 Å². The van der Waals surface area contributed by atoms with Gasteiger partial charge in [0.15, 0.2) is 17.7 Å². The number of aliphatic hydroxyl groups excluding tert-OH is 4. The van der Waals surface area contributed by atoms with E-state index in [0.717, 1.165) is 0 Å². The molecule has 1 amide bonds. The van der Waals surface area contributed by atoms with Crippen LogP contribution in [-0.2, 0) is 19.0 Å². The Morgan fingerprint density at radius 1 is 1.02 bits per heavy atom. The zero-order chi connectivity index (χ0) is 32.4. The molecule has 12 nitrogen and oxygen atoms in total. The zero-order valence-corrected chi connectivity index (χ0v) is 24.5. The highest BCUT2D eigenvalue weighted by Gasteiger charge is 2.53. The predicted octanol–water partition coefficient (Wildman–Crippen LogP) is 0.962. The monoisotopic (exact) mass is 634 g/mol. The number of ether oxygens (including phenoxy) is 5. The van der Waals surface area contributed by atoms with Gasteiger partial charge in [0.25, 0.3) is 0 Å². The maximum Gasteiger partial charge on any atom is 0.247 e. The number of halogens is 2. The number of para-hydroxylation sites is 1. The highest BCUT2D eigenvalue weighted by Crippen LogP contribution is 2.34. The number of rotatable bonds is 9. The summed E-state index contributed by atoms with van der Waals surface area (Å²) in [7, 11) is 0. The third kappa shape index (κ3) is 6.97. The lowest BCUT2D eigenvalue weighted by Gasteiger charge is -2.41. The van der Waals surface area contributed by atoms with Gasteiger partial charge >= 0.3 is 0 Å². The fourth-order valence-electron chi connectivity index (χ4n) is 5.46. The van der Waals surface area contributed by atoms with Gasteiger partial charge in [0.1, 0.15) is 61.9 Å². The first-order valence-corrected chi connectivity index (χ1v) is 14.3. The molecule has 0 aromatic heterocycles. The number of alkyl halides is 1. The number of amides is 1. The van der Waals surface area contributed by atoms with E-state index in [1.807, 2.05) is 0 Å². The van der Waals surface area contributed by atoms with Crippen molar-refractivity contribution in [3.05, 3.63) is 71.1 Å². The number of carbonyl (C=O) groups excluding carboxylic acids is 1. The molecule has 2 aromatic rings. The molecule has 2 heterocycles. The van der Waals surface area contributed by atoms with Crippen LogP contribution in [0.1, 0.15) is 19.4 Å². The first-order valence-electron chi connectivity index (χ1n) is 14.3. The fourth-order valence-corrected chi connectivity index (χ4v) is 5.46. The van der Waals surface area contributed by atoms with Gasteiger partial charge in [0.05, 0.1) is 11.7 Å². The molecular formula is C31H36F2N2O10. The van der Waals surface area contributed by atoms with E-state index in [1.54, 1.807) is 25.1 Å². The van der Waals surface area contributed by atoms with Crippen LogP contribution in [0.15, 0.2) is 59.7 Å². The van der Waals surface area contributed by atoms with Gasteiger partial charge in [-0.05, 0) is 61.4 Å². The maximum absolute atomic E-state index is 15.0. The minimum Gasteiger partial charge on any atom is -0.486 e. The van der Waals surface area contributed by atoms with Crippen molar-refractivity contribution in [3.63, 3.8) is 0 Å². The number of nitrogens with one attached hydrogen (secondary N) is 1. The summed E-state index contributed by atoms with van der Waals surface area (Å²) < 4.78 is 55.9. The maximum atomic E-state index is 15.0. The summed E-state index contributed by atoms with van der Waals surface area (Å²) in [5.74, 6) is -1.01. The Morgan fingerprint density at radius 3 is 2.44 bits per heavy atom. The Morgan fingerprint density at radius 2 is 1.73 bits per heavy atom. The van der Waals surface area contributed by atoms with Gasteiger partial charge in [-0.1, -0.05) is 18.2 Å². The standard InChI is InChI=1S/C31H36F2N2O10/c1-14(9-10-41-19-6-4-3-5-17(19)32)27-23(36)21(33)31(45-27)44-20-8-7-16(12-18(20)34)11-15(2)30(40)35-22-24(37)26(39)29-28(25(22)38)42-13-43-29/h3-9,11-12,21-29,31,36-39H,10,13,34H2,1-2H3,(H,35,40)/t21-,22+,23-,24-,25+,26+,27+,28-,29+,31+/m0/s1. The van der Waals surface area contributed by atoms with Crippen molar-refractivity contribution in [1.29, 1.82) is 0 Å². The molecule has 3 aliphatic rings. The topological polar surface area (TPSA) is 182 Å². The van der Waals surface area contributed by atoms with Crippen molar-refractivity contribution in [2.45, 2.75) is 75.1 Å². The van der Waals surface area contributed by atoms with Crippen molar-refractivity contribution >= 4 is 17.7 Å². The molecule has 244 valence electrons. The second-order valence-electron chi connectivity index (χ2n) is 11.1. The molecule has 45 heavy (non-hydrogen) atoms. The minimum absolute atomic E-state index is 0.0324. The van der Waals surface area contributed by atoms with E-state index in [0.29, 0.717) is 11.1 Å². The number of nitrogen functional groups attached to an aromatic ring is 1. The molecule has 0 spiro atoms. The van der Waals surface area contributed by atoms with Crippen molar-refractivity contribution < 1.29 is 57.7 Å². The van der Waals surface area contributed by atoms with Crippen LogP contribution >= 0.6 is 0 Å². The van der Waals surface area contributed by atoms with E-state index in [1.165, 1.54) is 43.3 Å². The van der Waals surface area contributed by atoms with E-state index in [4.69, 9.17) is 29.4 Å². The van der Waals surface area contributed by atoms with Crippen molar-refractivity contribution in [2.75, 3.05) is 19.1 Å². The highest BCUT2D eigenvalue weighted by molar-refractivity contribution is 5.97. The second-order valence-corrected chi connectivity index (χ2v) is 11.1. The summed E-state index contributed by atoms with van der Waals surface area (Å²) >= 11 is 0. The van der Waals surface area contributed by atoms with Crippen molar-refractivity contribution in [3.8, 4) is 11.5 Å². The molecule has 10 atom stereocenters. The van der Waals surface area contributed by atoms with Crippen LogP contribution < -0.4 is 20.5 Å². The molecule has 3 fully saturated rings. The number of hydrogen-bond acceptors (Lipinski definition) is 11. The summed E-state index contributed by atoms with van der Waals surface area (Å²) in [5.41, 5.74) is 7.37. The van der Waals surface area contributed by atoms with Gasteiger partial charge in [-0.15, -0.1) is 0 Å². The van der Waals surface area contributed by atoms with Crippen LogP contribution in [0.4, 0.5) is 14.5 Å². The first-order chi connectivity index (χ1) is 21.5. The quantitative estimate of drug-likeness (QED) is 0.131. The molecule has 2 aliphatic heterocycles. The Balaban J connectivity index is 1.18. The van der Waals surface area contributed by atoms with Gasteiger partial charge < -0.3 is 55.2 Å². The summed E-state index contributed by atoms with van der Waals surface area (Å²) in [6.45, 7) is 2.94. The normalized spacial score (nSPS) is 33.5. The summed E-state index contributed by atoms with van der Waals surface area (Å²) in [6.07, 6.45) is -8.92. The number of carbonyl (C=O) groups is 1. The number of benzene rings is 2. The van der Waals surface area contributed by atoms with Gasteiger partial charge in [0.2, 0.25) is 12.2 Å². The van der Waals surface area contributed by atoms with Crippen molar-refractivity contribution in [1.82, 2.24) is 5.32 Å². The van der Waals surface area contributed by atoms with E-state index in [2.05, 4.69) is 5.32 Å². The molecule has 0 bridgehead atoms. The largest absolute Gasteiger partial charge is 0.486 e. The second kappa shape index (κ2) is 13.8. The number of fused-ring (bicyclic) bond motifs is 1. The third-order valence-electron chi connectivity index (χ3n) is 8.03. The van der Waals surface area contributed by atoms with Crippen LogP contribution in [0.2, 0.25) is 0 Å². The van der Waals surface area contributed by atoms with E-state index in [-0.39, 0.29) is 36.2 Å². The van der Waals surface area contributed by atoms with Crippen LogP contribution in [0.25, 0.3) is 6.08 Å². The summed E-state index contributed by atoms with van der Waals surface area (Å²) in [6, 6.07) is 9.18. The van der Waals surface area contributed by atoms with Crippen LogP contribution in [0, 0.1) is 5.82 Å². The van der Waals surface area contributed by atoms with Gasteiger partial charge in [-0.2, -0.15) is 0 Å². The van der Waals surface area contributed by atoms with E-state index < -0.39 is 73.0 Å². The Bertz CT molecular complexity index is 1440. The Hall–Kier alpha value is -3.63. The molecule has 2 aromatic carbocycles. The molecule has 0 unspecified atom stereocenters. The van der Waals surface area contributed by atoms with E-state index >= 15 is 0 Å². The molecule has 2 saturated heterocycles. The lowest BCUT2D eigenvalue weighted by Crippen LogP contribution is -2.67. The number of aliphatic hydroxyl groups is 4. The molecule has 14 heteroatoms. The molecule has 1 aliphatic carbocycles. The fraction of sp³-hybridized carbons (Fsp3) is 0.452. The number of hydrogen-bond donors (Lipinski definition) is 6. The molecule has 1 saturated carbocycles. The summed E-state index contributed by atoms with van der Waals surface area (Å²) in [4.78, 5) is 12.9. The van der Waals surface area contributed by atoms with Crippen molar-refractivity contribution in [2.24, 2.45) is 0 Å². The van der Waals surface area contributed by atoms with Gasteiger partial charge in [-0.25, -0.2) is 8.78 Å². The average Bonchev–Trinajstić information content (AvgIpc) is 3.62. The van der Waals surface area contributed by atoms with E-state index in [9.17, 15) is 34.0 Å². The molecule has 5 rings (SSSR count). The molecular weight excluding hydrogens is 598 g/mol. The minimum atomic E-state index is -1.91. The average molecular weight is 635 g/mol. The Kier molecular flexibility index (Phi) is 10.0.